The van der Waals surface area contributed by atoms with E-state index in [2.05, 4.69) is 30.3 Å². The van der Waals surface area contributed by atoms with Crippen LogP contribution in [0.3, 0.4) is 0 Å². The van der Waals surface area contributed by atoms with E-state index in [0.717, 1.165) is 0 Å². The van der Waals surface area contributed by atoms with E-state index in [1.54, 1.807) is 0 Å². The van der Waals surface area contributed by atoms with Crippen LogP contribution in [0.1, 0.15) is 19.3 Å². The zero-order valence-corrected chi connectivity index (χ0v) is 8.46. The van der Waals surface area contributed by atoms with Gasteiger partial charge in [-0.25, -0.2) is 0 Å². The van der Waals surface area contributed by atoms with Gasteiger partial charge in [-0.1, -0.05) is 24.6 Å². The minimum absolute atomic E-state index is 0.408. The lowest BCUT2D eigenvalue weighted by Gasteiger charge is -2.14. The molecule has 0 radical (unpaired) electrons. The fourth-order valence-electron chi connectivity index (χ4n) is 1.77. The molecule has 0 saturated heterocycles. The van der Waals surface area contributed by atoms with Crippen LogP contribution in [0.4, 0.5) is 0 Å². The van der Waals surface area contributed by atoms with Crippen LogP contribution in [0.2, 0.25) is 0 Å². The molecule has 1 fully saturated rings. The van der Waals surface area contributed by atoms with Gasteiger partial charge in [0.25, 0.3) is 0 Å². The van der Waals surface area contributed by atoms with Crippen LogP contribution in [0, 0.1) is 0 Å². The predicted octanol–water partition coefficient (Wildman–Crippen LogP) is 2.66. The van der Waals surface area contributed by atoms with Crippen molar-refractivity contribution in [2.75, 3.05) is 0 Å². The molecule has 70 valence electrons. The maximum Gasteiger partial charge on any atom is 0.0246 e. The van der Waals surface area contributed by atoms with Gasteiger partial charge in [-0.2, -0.15) is 0 Å². The number of nitrogens with two attached hydrogens (primary N) is 1. The topological polar surface area (TPSA) is 26.0 Å². The van der Waals surface area contributed by atoms with Crippen molar-refractivity contribution >= 4 is 11.8 Å². The molecule has 0 amide bonds. The Balaban J connectivity index is 1.98. The van der Waals surface area contributed by atoms with E-state index in [9.17, 15) is 0 Å². The second-order valence-electron chi connectivity index (χ2n) is 3.56. The van der Waals surface area contributed by atoms with Crippen LogP contribution in [-0.4, -0.2) is 11.3 Å². The molecular weight excluding hydrogens is 178 g/mol. The van der Waals surface area contributed by atoms with Crippen molar-refractivity contribution in [1.29, 1.82) is 0 Å². The van der Waals surface area contributed by atoms with E-state index in [0.29, 0.717) is 11.3 Å². The molecule has 2 rings (SSSR count). The second kappa shape index (κ2) is 4.16. The normalized spacial score (nSPS) is 27.8. The fourth-order valence-corrected chi connectivity index (χ4v) is 3.03. The minimum Gasteiger partial charge on any atom is -0.327 e. The van der Waals surface area contributed by atoms with E-state index in [1.165, 1.54) is 24.2 Å². The minimum atomic E-state index is 0.408. The smallest absolute Gasteiger partial charge is 0.0246 e. The number of rotatable bonds is 2. The summed E-state index contributed by atoms with van der Waals surface area (Å²) in [7, 11) is 0. The monoisotopic (exact) mass is 193 g/mol. The molecule has 1 aliphatic carbocycles. The summed E-state index contributed by atoms with van der Waals surface area (Å²) >= 11 is 1.93. The lowest BCUT2D eigenvalue weighted by molar-refractivity contribution is 0.716. The Labute approximate surface area is 83.7 Å². The average Bonchev–Trinajstić information content (AvgIpc) is 2.54. The summed E-state index contributed by atoms with van der Waals surface area (Å²) in [6, 6.07) is 11.0. The molecule has 0 aliphatic heterocycles. The highest BCUT2D eigenvalue weighted by atomic mass is 32.2. The standard InChI is InChI=1S/C11H15NS/c12-10-7-4-8-11(10)13-9-5-2-1-3-6-9/h1-3,5-6,10-11H,4,7-8,12H2. The first-order valence-electron chi connectivity index (χ1n) is 4.83. The molecule has 0 spiro atoms. The van der Waals surface area contributed by atoms with Crippen molar-refractivity contribution < 1.29 is 0 Å². The van der Waals surface area contributed by atoms with Gasteiger partial charge in [0.2, 0.25) is 0 Å². The molecule has 0 aromatic heterocycles. The summed E-state index contributed by atoms with van der Waals surface area (Å²) in [5.74, 6) is 0. The molecule has 0 heterocycles. The zero-order chi connectivity index (χ0) is 9.10. The first-order valence-corrected chi connectivity index (χ1v) is 5.71. The van der Waals surface area contributed by atoms with Crippen LogP contribution < -0.4 is 5.73 Å². The third-order valence-corrected chi connectivity index (χ3v) is 3.97. The van der Waals surface area contributed by atoms with Gasteiger partial charge in [-0.15, -0.1) is 11.8 Å². The van der Waals surface area contributed by atoms with Crippen molar-refractivity contribution in [3.8, 4) is 0 Å². The molecule has 2 unspecified atom stereocenters. The zero-order valence-electron chi connectivity index (χ0n) is 7.65. The van der Waals surface area contributed by atoms with Crippen LogP contribution >= 0.6 is 11.8 Å². The third-order valence-electron chi connectivity index (χ3n) is 2.53. The second-order valence-corrected chi connectivity index (χ2v) is 4.88. The lowest BCUT2D eigenvalue weighted by atomic mass is 10.3. The van der Waals surface area contributed by atoms with Crippen LogP contribution in [0.15, 0.2) is 35.2 Å². The van der Waals surface area contributed by atoms with Gasteiger partial charge in [0.1, 0.15) is 0 Å². The number of benzene rings is 1. The lowest BCUT2D eigenvalue weighted by Crippen LogP contribution is -2.26. The van der Waals surface area contributed by atoms with Gasteiger partial charge in [-0.3, -0.25) is 0 Å². The van der Waals surface area contributed by atoms with Crippen LogP contribution in [0.5, 0.6) is 0 Å². The quantitative estimate of drug-likeness (QED) is 0.781. The molecule has 1 aromatic rings. The van der Waals surface area contributed by atoms with Gasteiger partial charge in [0, 0.05) is 16.2 Å². The van der Waals surface area contributed by atoms with Crippen molar-refractivity contribution in [1.82, 2.24) is 0 Å². The molecule has 1 saturated carbocycles. The van der Waals surface area contributed by atoms with Crippen molar-refractivity contribution in [3.63, 3.8) is 0 Å². The maximum absolute atomic E-state index is 6.01. The molecule has 1 nitrogen and oxygen atoms in total. The molecule has 1 aliphatic rings. The third kappa shape index (κ3) is 2.26. The Kier molecular flexibility index (Phi) is 2.91. The average molecular weight is 193 g/mol. The Morgan fingerprint density at radius 1 is 1.15 bits per heavy atom. The number of thioether (sulfide) groups is 1. The van der Waals surface area contributed by atoms with E-state index in [4.69, 9.17) is 5.73 Å². The Morgan fingerprint density at radius 2 is 1.92 bits per heavy atom. The molecule has 2 atom stereocenters. The highest BCUT2D eigenvalue weighted by Crippen LogP contribution is 2.33. The highest BCUT2D eigenvalue weighted by Gasteiger charge is 2.24. The Morgan fingerprint density at radius 3 is 2.54 bits per heavy atom. The Bertz CT molecular complexity index is 260. The van der Waals surface area contributed by atoms with Gasteiger partial charge < -0.3 is 5.73 Å². The molecule has 2 N–H and O–H groups in total. The molecular formula is C11H15NS. The van der Waals surface area contributed by atoms with Gasteiger partial charge >= 0.3 is 0 Å². The van der Waals surface area contributed by atoms with E-state index in [1.807, 2.05) is 11.8 Å². The van der Waals surface area contributed by atoms with E-state index < -0.39 is 0 Å². The summed E-state index contributed by atoms with van der Waals surface area (Å²) in [5, 5.41) is 0.641. The van der Waals surface area contributed by atoms with Crippen LogP contribution in [0.25, 0.3) is 0 Å². The fraction of sp³-hybridized carbons (Fsp3) is 0.455. The SMILES string of the molecule is NC1CCCC1Sc1ccccc1. The molecule has 0 bridgehead atoms. The predicted molar refractivity (Wildman–Crippen MR) is 57.9 cm³/mol. The van der Waals surface area contributed by atoms with Gasteiger partial charge in [0.05, 0.1) is 0 Å². The first-order chi connectivity index (χ1) is 6.36. The summed E-state index contributed by atoms with van der Waals surface area (Å²) in [5.41, 5.74) is 6.01. The van der Waals surface area contributed by atoms with Gasteiger partial charge in [-0.05, 0) is 25.0 Å². The van der Waals surface area contributed by atoms with E-state index in [-0.39, 0.29) is 0 Å². The van der Waals surface area contributed by atoms with E-state index >= 15 is 0 Å². The molecule has 13 heavy (non-hydrogen) atoms. The number of hydrogen-bond donors (Lipinski definition) is 1. The summed E-state index contributed by atoms with van der Waals surface area (Å²) < 4.78 is 0. The Hall–Kier alpha value is -0.470. The van der Waals surface area contributed by atoms with Gasteiger partial charge in [0.15, 0.2) is 0 Å². The summed E-state index contributed by atoms with van der Waals surface area (Å²) in [4.78, 5) is 1.35. The number of hydrogen-bond acceptors (Lipinski definition) is 2. The van der Waals surface area contributed by atoms with Crippen molar-refractivity contribution in [2.24, 2.45) is 5.73 Å². The highest BCUT2D eigenvalue weighted by molar-refractivity contribution is 8.00. The summed E-state index contributed by atoms with van der Waals surface area (Å²) in [6.45, 7) is 0. The maximum atomic E-state index is 6.01. The molecule has 2 heteroatoms. The molecule has 1 aromatic carbocycles. The summed E-state index contributed by atoms with van der Waals surface area (Å²) in [6.07, 6.45) is 3.77. The first kappa shape index (κ1) is 9.10. The van der Waals surface area contributed by atoms with Crippen molar-refractivity contribution in [2.45, 2.75) is 35.4 Å². The largest absolute Gasteiger partial charge is 0.327 e. The van der Waals surface area contributed by atoms with Crippen molar-refractivity contribution in [3.05, 3.63) is 30.3 Å². The van der Waals surface area contributed by atoms with Crippen LogP contribution in [-0.2, 0) is 0 Å².